The molecule has 168 valence electrons. The minimum atomic E-state index is -4.72. The summed E-state index contributed by atoms with van der Waals surface area (Å²) in [6.45, 7) is 0.975. The SMILES string of the molecule is CN1CCS/C1=N/N=C/c1ccc2c(ccc3c2ncn3-c2ccc(OC(F)(F)F)cc2)c1. The van der Waals surface area contributed by atoms with Crippen LogP contribution in [0, 0.1) is 0 Å². The van der Waals surface area contributed by atoms with Gasteiger partial charge < -0.3 is 9.64 Å². The maximum absolute atomic E-state index is 12.4. The van der Waals surface area contributed by atoms with Gasteiger partial charge in [-0.15, -0.1) is 18.3 Å². The van der Waals surface area contributed by atoms with Gasteiger partial charge in [0.2, 0.25) is 0 Å². The molecule has 0 unspecified atom stereocenters. The van der Waals surface area contributed by atoms with Gasteiger partial charge in [-0.3, -0.25) is 4.57 Å². The molecule has 1 aliphatic heterocycles. The molecule has 0 atom stereocenters. The van der Waals surface area contributed by atoms with Crippen LogP contribution in [0.5, 0.6) is 5.75 Å². The normalized spacial score (nSPS) is 16.0. The van der Waals surface area contributed by atoms with Crippen molar-refractivity contribution in [3.8, 4) is 11.4 Å². The Morgan fingerprint density at radius 2 is 1.91 bits per heavy atom. The fourth-order valence-electron chi connectivity index (χ4n) is 3.65. The number of halogens is 3. The summed E-state index contributed by atoms with van der Waals surface area (Å²) in [6.07, 6.45) is -1.33. The summed E-state index contributed by atoms with van der Waals surface area (Å²) in [4.78, 5) is 6.62. The Morgan fingerprint density at radius 3 is 2.64 bits per heavy atom. The highest BCUT2D eigenvalue weighted by Crippen LogP contribution is 2.29. The molecule has 33 heavy (non-hydrogen) atoms. The Hall–Kier alpha value is -3.53. The van der Waals surface area contributed by atoms with Crippen LogP contribution in [0.25, 0.3) is 27.5 Å². The summed E-state index contributed by atoms with van der Waals surface area (Å²) in [5, 5.41) is 11.4. The van der Waals surface area contributed by atoms with Crippen LogP contribution >= 0.6 is 11.8 Å². The molecular formula is C23H18F3N5OS. The third-order valence-corrected chi connectivity index (χ3v) is 6.28. The first-order valence-corrected chi connectivity index (χ1v) is 11.1. The van der Waals surface area contributed by atoms with Crippen LogP contribution in [0.3, 0.4) is 0 Å². The van der Waals surface area contributed by atoms with Gasteiger partial charge in [-0.25, -0.2) is 4.98 Å². The number of alkyl halides is 3. The summed E-state index contributed by atoms with van der Waals surface area (Å²) >= 11 is 1.69. The van der Waals surface area contributed by atoms with Gasteiger partial charge in [0, 0.05) is 30.4 Å². The van der Waals surface area contributed by atoms with Gasteiger partial charge in [-0.05, 0) is 47.3 Å². The topological polar surface area (TPSA) is 55.0 Å². The lowest BCUT2D eigenvalue weighted by molar-refractivity contribution is -0.274. The molecular weight excluding hydrogens is 451 g/mol. The van der Waals surface area contributed by atoms with Gasteiger partial charge in [0.15, 0.2) is 5.17 Å². The number of aromatic nitrogens is 2. The number of hydrogen-bond acceptors (Lipinski definition) is 5. The summed E-state index contributed by atoms with van der Waals surface area (Å²) in [5.41, 5.74) is 3.26. The van der Waals surface area contributed by atoms with Crippen LogP contribution in [-0.2, 0) is 0 Å². The highest BCUT2D eigenvalue weighted by atomic mass is 32.2. The predicted octanol–water partition coefficient (Wildman–Crippen LogP) is 5.45. The van der Waals surface area contributed by atoms with Crippen LogP contribution in [-0.4, -0.2) is 51.5 Å². The van der Waals surface area contributed by atoms with E-state index in [-0.39, 0.29) is 5.75 Å². The van der Waals surface area contributed by atoms with E-state index < -0.39 is 6.36 Å². The Bertz CT molecular complexity index is 1380. The Kier molecular flexibility index (Phi) is 5.45. The molecule has 5 rings (SSSR count). The van der Waals surface area contributed by atoms with Gasteiger partial charge in [0.05, 0.1) is 17.2 Å². The summed E-state index contributed by atoms with van der Waals surface area (Å²) < 4.78 is 43.0. The Morgan fingerprint density at radius 1 is 1.09 bits per heavy atom. The van der Waals surface area contributed by atoms with Crippen LogP contribution in [0.1, 0.15) is 5.56 Å². The molecule has 2 heterocycles. The average molecular weight is 469 g/mol. The molecule has 10 heteroatoms. The van der Waals surface area contributed by atoms with Crippen molar-refractivity contribution in [1.82, 2.24) is 14.5 Å². The van der Waals surface area contributed by atoms with Gasteiger partial charge in [-0.1, -0.05) is 30.0 Å². The third-order valence-electron chi connectivity index (χ3n) is 5.24. The molecule has 0 aliphatic carbocycles. The average Bonchev–Trinajstić information content (AvgIpc) is 3.39. The molecule has 1 aromatic heterocycles. The minimum absolute atomic E-state index is 0.265. The van der Waals surface area contributed by atoms with Crippen molar-refractivity contribution in [2.45, 2.75) is 6.36 Å². The number of rotatable bonds is 4. The molecule has 0 amide bonds. The van der Waals surface area contributed by atoms with Crippen molar-refractivity contribution in [2.75, 3.05) is 19.3 Å². The van der Waals surface area contributed by atoms with Crippen molar-refractivity contribution < 1.29 is 17.9 Å². The highest BCUT2D eigenvalue weighted by molar-refractivity contribution is 8.14. The monoisotopic (exact) mass is 469 g/mol. The van der Waals surface area contributed by atoms with E-state index in [2.05, 4.69) is 24.8 Å². The van der Waals surface area contributed by atoms with Crippen LogP contribution in [0.15, 0.2) is 71.1 Å². The number of fused-ring (bicyclic) bond motifs is 3. The van der Waals surface area contributed by atoms with E-state index in [9.17, 15) is 13.2 Å². The first kappa shape index (κ1) is 21.3. The smallest absolute Gasteiger partial charge is 0.406 e. The van der Waals surface area contributed by atoms with Gasteiger partial charge in [0.1, 0.15) is 12.1 Å². The van der Waals surface area contributed by atoms with Crippen LogP contribution < -0.4 is 4.74 Å². The molecule has 0 saturated carbocycles. The maximum Gasteiger partial charge on any atom is 0.573 e. The second kappa shape index (κ2) is 8.43. The fraction of sp³-hybridized carbons (Fsp3) is 0.174. The zero-order chi connectivity index (χ0) is 23.0. The van der Waals surface area contributed by atoms with Crippen molar-refractivity contribution in [3.63, 3.8) is 0 Å². The van der Waals surface area contributed by atoms with Gasteiger partial charge >= 0.3 is 6.36 Å². The largest absolute Gasteiger partial charge is 0.573 e. The molecule has 0 bridgehead atoms. The summed E-state index contributed by atoms with van der Waals surface area (Å²) in [6, 6.07) is 15.6. The zero-order valence-electron chi connectivity index (χ0n) is 17.5. The number of benzene rings is 3. The summed E-state index contributed by atoms with van der Waals surface area (Å²) in [7, 11) is 2.00. The number of ether oxygens (including phenoxy) is 1. The fourth-order valence-corrected chi connectivity index (χ4v) is 4.62. The standard InChI is InChI=1S/C23H18F3N5OS/c1-30-10-11-33-22(30)29-28-13-15-2-8-19-16(12-15)3-9-20-21(19)27-14-31(20)17-4-6-18(7-5-17)32-23(24,25)26/h2-9,12-14H,10-11H2,1H3/b28-13+,29-22+. The molecule has 0 spiro atoms. The second-order valence-electron chi connectivity index (χ2n) is 7.47. The summed E-state index contributed by atoms with van der Waals surface area (Å²) in [5.74, 6) is 0.758. The first-order valence-electron chi connectivity index (χ1n) is 10.1. The predicted molar refractivity (Wildman–Crippen MR) is 125 cm³/mol. The van der Waals surface area contributed by atoms with E-state index in [0.29, 0.717) is 5.69 Å². The second-order valence-corrected chi connectivity index (χ2v) is 8.53. The first-order chi connectivity index (χ1) is 15.9. The van der Waals surface area contributed by atoms with E-state index >= 15 is 0 Å². The minimum Gasteiger partial charge on any atom is -0.406 e. The molecule has 0 N–H and O–H groups in total. The lowest BCUT2D eigenvalue weighted by atomic mass is 10.1. The Balaban J connectivity index is 1.43. The lowest BCUT2D eigenvalue weighted by Crippen LogP contribution is -2.17. The quantitative estimate of drug-likeness (QED) is 0.295. The number of amidine groups is 1. The molecule has 1 aliphatic rings. The van der Waals surface area contributed by atoms with E-state index in [4.69, 9.17) is 0 Å². The molecule has 4 aromatic rings. The highest BCUT2D eigenvalue weighted by Gasteiger charge is 2.31. The van der Waals surface area contributed by atoms with E-state index in [1.807, 2.05) is 41.9 Å². The number of thioether (sulfide) groups is 1. The number of imidazole rings is 1. The molecule has 3 aromatic carbocycles. The van der Waals surface area contributed by atoms with Gasteiger partial charge in [0.25, 0.3) is 0 Å². The molecule has 1 fully saturated rings. The van der Waals surface area contributed by atoms with E-state index in [0.717, 1.165) is 44.8 Å². The molecule has 1 saturated heterocycles. The van der Waals surface area contributed by atoms with E-state index in [1.165, 1.54) is 12.1 Å². The van der Waals surface area contributed by atoms with Crippen LogP contribution in [0.2, 0.25) is 0 Å². The Labute approximate surface area is 191 Å². The third kappa shape index (κ3) is 4.51. The number of nitrogens with zero attached hydrogens (tertiary/aromatic N) is 5. The van der Waals surface area contributed by atoms with Crippen molar-refractivity contribution in [1.29, 1.82) is 0 Å². The van der Waals surface area contributed by atoms with Crippen molar-refractivity contribution >= 4 is 44.9 Å². The maximum atomic E-state index is 12.4. The molecule has 0 radical (unpaired) electrons. The molecule has 6 nitrogen and oxygen atoms in total. The lowest BCUT2D eigenvalue weighted by Gasteiger charge is -2.10. The van der Waals surface area contributed by atoms with Crippen molar-refractivity contribution in [3.05, 3.63) is 66.5 Å². The van der Waals surface area contributed by atoms with Crippen molar-refractivity contribution in [2.24, 2.45) is 10.2 Å². The zero-order valence-corrected chi connectivity index (χ0v) is 18.3. The van der Waals surface area contributed by atoms with Gasteiger partial charge in [-0.2, -0.15) is 5.10 Å². The van der Waals surface area contributed by atoms with E-state index in [1.54, 1.807) is 36.4 Å². The number of hydrogen-bond donors (Lipinski definition) is 0. The van der Waals surface area contributed by atoms with Crippen LogP contribution in [0.4, 0.5) is 13.2 Å².